The van der Waals surface area contributed by atoms with Gasteiger partial charge in [0.2, 0.25) is 0 Å². The van der Waals surface area contributed by atoms with Crippen LogP contribution in [0.15, 0.2) is 109 Å². The third-order valence-corrected chi connectivity index (χ3v) is 6.97. The van der Waals surface area contributed by atoms with E-state index >= 15 is 0 Å². The van der Waals surface area contributed by atoms with Crippen molar-refractivity contribution in [3.05, 3.63) is 152 Å². The van der Waals surface area contributed by atoms with E-state index in [1.165, 1.54) is 0 Å². The molecule has 0 N–H and O–H groups in total. The van der Waals surface area contributed by atoms with Crippen LogP contribution in [0.5, 0.6) is 0 Å². The normalized spacial score (nSPS) is 11.5. The van der Waals surface area contributed by atoms with Gasteiger partial charge in [0.15, 0.2) is 11.5 Å². The number of esters is 2. The van der Waals surface area contributed by atoms with Gasteiger partial charge in [0.25, 0.3) is 0 Å². The number of hydrogen-bond donors (Lipinski definition) is 0. The van der Waals surface area contributed by atoms with Gasteiger partial charge >= 0.3 is 11.9 Å². The molecule has 4 rings (SSSR count). The van der Waals surface area contributed by atoms with Crippen LogP contribution in [0.25, 0.3) is 0 Å². The van der Waals surface area contributed by atoms with E-state index in [1.807, 2.05) is 24.3 Å². The second kappa shape index (κ2) is 14.4. The first-order chi connectivity index (χ1) is 19.3. The van der Waals surface area contributed by atoms with Crippen molar-refractivity contribution in [3.63, 3.8) is 0 Å². The third kappa shape index (κ3) is 8.36. The lowest BCUT2D eigenvalue weighted by molar-refractivity contribution is 0.0513. The summed E-state index contributed by atoms with van der Waals surface area (Å²) in [5.74, 6) is -0.437. The fourth-order valence-electron chi connectivity index (χ4n) is 3.95. The van der Waals surface area contributed by atoms with Crippen LogP contribution in [0.4, 0.5) is 0 Å². The van der Waals surface area contributed by atoms with E-state index < -0.39 is 11.9 Å². The Morgan fingerprint density at radius 2 is 0.900 bits per heavy atom. The molecule has 0 radical (unpaired) electrons. The number of carbonyl (C=O) groups is 2. The van der Waals surface area contributed by atoms with Crippen molar-refractivity contribution in [2.24, 2.45) is 0 Å². The molecule has 0 spiro atoms. The lowest BCUT2D eigenvalue weighted by atomic mass is 10.1. The van der Waals surface area contributed by atoms with Crippen molar-refractivity contribution >= 4 is 58.3 Å². The molecule has 8 heteroatoms. The number of carbonyl (C=O) groups excluding carboxylic acids is 2. The molecule has 0 atom stereocenters. The van der Waals surface area contributed by atoms with Crippen LogP contribution in [0.2, 0.25) is 10.0 Å². The Labute approximate surface area is 253 Å². The van der Waals surface area contributed by atoms with E-state index in [4.69, 9.17) is 55.9 Å². The molecule has 0 aromatic heterocycles. The van der Waals surface area contributed by atoms with Gasteiger partial charge < -0.3 is 9.47 Å². The number of hydrogen-bond acceptors (Lipinski definition) is 4. The largest absolute Gasteiger partial charge is 0.423 e. The zero-order chi connectivity index (χ0) is 28.5. The van der Waals surface area contributed by atoms with Gasteiger partial charge in [0, 0.05) is 34.6 Å². The topological polar surface area (TPSA) is 52.6 Å². The van der Waals surface area contributed by atoms with Crippen LogP contribution >= 0.6 is 46.4 Å². The van der Waals surface area contributed by atoms with E-state index in [0.29, 0.717) is 21.2 Å². The monoisotopic (exact) mass is 612 g/mol. The maximum Gasteiger partial charge on any atom is 0.343 e. The van der Waals surface area contributed by atoms with E-state index in [0.717, 1.165) is 22.3 Å². The number of benzene rings is 4. The smallest absolute Gasteiger partial charge is 0.343 e. The molecular formula is C32H24Cl4O4. The molecule has 4 aromatic rings. The number of rotatable bonds is 10. The Morgan fingerprint density at radius 3 is 1.27 bits per heavy atom. The SMILES string of the molecule is O=C(O/C(Cc1cccc(Cl)c1)=C(\Cc1cccc(Cl)c1)OC(=O)c1cccc(CCl)c1)c1cccc(CCl)c1. The van der Waals surface area contributed by atoms with E-state index in [1.54, 1.807) is 72.8 Å². The van der Waals surface area contributed by atoms with Crippen molar-refractivity contribution < 1.29 is 19.1 Å². The van der Waals surface area contributed by atoms with Gasteiger partial charge in [-0.1, -0.05) is 71.7 Å². The highest BCUT2D eigenvalue weighted by Gasteiger charge is 2.21. The van der Waals surface area contributed by atoms with Gasteiger partial charge in [-0.05, 0) is 70.8 Å². The van der Waals surface area contributed by atoms with Crippen molar-refractivity contribution in [1.82, 2.24) is 0 Å². The standard InChI is InChI=1S/C32H24Cl4O4/c33-19-23-7-1-9-25(13-23)31(37)39-29(17-21-5-3-11-27(35)15-21)30(18-22-6-4-12-28(36)16-22)40-32(38)26-10-2-8-24(14-26)20-34/h1-16H,17-20H2/b30-29+. The summed E-state index contributed by atoms with van der Waals surface area (Å²) < 4.78 is 11.9. The molecule has 0 amide bonds. The predicted molar refractivity (Wildman–Crippen MR) is 160 cm³/mol. The molecule has 0 aliphatic rings. The first kappa shape index (κ1) is 29.7. The lowest BCUT2D eigenvalue weighted by Crippen LogP contribution is -2.15. The molecule has 0 fully saturated rings. The zero-order valence-corrected chi connectivity index (χ0v) is 24.2. The second-order valence-corrected chi connectivity index (χ2v) is 10.3. The number of halogens is 4. The highest BCUT2D eigenvalue weighted by Crippen LogP contribution is 2.25. The molecule has 204 valence electrons. The Bertz CT molecular complexity index is 1430. The highest BCUT2D eigenvalue weighted by atomic mass is 35.5. The molecule has 0 saturated heterocycles. The van der Waals surface area contributed by atoms with Crippen LogP contribution in [-0.2, 0) is 34.1 Å². The predicted octanol–water partition coefficient (Wildman–Crippen LogP) is 9.18. The van der Waals surface area contributed by atoms with Gasteiger partial charge in [-0.25, -0.2) is 9.59 Å². The van der Waals surface area contributed by atoms with Gasteiger partial charge in [-0.3, -0.25) is 0 Å². The Balaban J connectivity index is 1.79. The Morgan fingerprint density at radius 1 is 0.525 bits per heavy atom. The molecule has 0 unspecified atom stereocenters. The molecule has 0 saturated carbocycles. The van der Waals surface area contributed by atoms with Gasteiger partial charge in [-0.2, -0.15) is 0 Å². The van der Waals surface area contributed by atoms with Crippen LogP contribution < -0.4 is 0 Å². The maximum absolute atomic E-state index is 13.3. The summed E-state index contributed by atoms with van der Waals surface area (Å²) in [6.07, 6.45) is 0.263. The number of allylic oxidation sites excluding steroid dienone is 2. The maximum atomic E-state index is 13.3. The average molecular weight is 614 g/mol. The van der Waals surface area contributed by atoms with Crippen molar-refractivity contribution in [3.8, 4) is 0 Å². The summed E-state index contributed by atoms with van der Waals surface area (Å²) in [6.45, 7) is 0. The molecule has 0 aliphatic carbocycles. The molecule has 0 heterocycles. The summed E-state index contributed by atoms with van der Waals surface area (Å²) >= 11 is 24.4. The molecular weight excluding hydrogens is 590 g/mol. The first-order valence-electron chi connectivity index (χ1n) is 12.3. The minimum atomic E-state index is -0.618. The highest BCUT2D eigenvalue weighted by molar-refractivity contribution is 6.30. The number of ether oxygens (including phenoxy) is 2. The van der Waals surface area contributed by atoms with Crippen LogP contribution in [-0.4, -0.2) is 11.9 Å². The molecule has 0 aliphatic heterocycles. The molecule has 40 heavy (non-hydrogen) atoms. The molecule has 4 aromatic carbocycles. The van der Waals surface area contributed by atoms with Crippen LogP contribution in [0.3, 0.4) is 0 Å². The zero-order valence-electron chi connectivity index (χ0n) is 21.2. The first-order valence-corrected chi connectivity index (χ1v) is 14.1. The fraction of sp³-hybridized carbons (Fsp3) is 0.125. The number of alkyl halides is 2. The second-order valence-electron chi connectivity index (χ2n) is 8.91. The fourth-order valence-corrected chi connectivity index (χ4v) is 4.71. The minimum absolute atomic E-state index is 0.131. The van der Waals surface area contributed by atoms with E-state index in [2.05, 4.69) is 0 Å². The Hall–Kier alpha value is -3.28. The molecule has 4 nitrogen and oxygen atoms in total. The summed E-state index contributed by atoms with van der Waals surface area (Å²) in [4.78, 5) is 26.7. The van der Waals surface area contributed by atoms with Crippen molar-refractivity contribution in [1.29, 1.82) is 0 Å². The molecule has 0 bridgehead atoms. The third-order valence-electron chi connectivity index (χ3n) is 5.88. The van der Waals surface area contributed by atoms with Gasteiger partial charge in [0.1, 0.15) is 0 Å². The minimum Gasteiger partial charge on any atom is -0.423 e. The van der Waals surface area contributed by atoms with Crippen LogP contribution in [0.1, 0.15) is 43.0 Å². The Kier molecular flexibility index (Phi) is 10.7. The van der Waals surface area contributed by atoms with Gasteiger partial charge in [-0.15, -0.1) is 23.2 Å². The average Bonchev–Trinajstić information content (AvgIpc) is 2.96. The summed E-state index contributed by atoms with van der Waals surface area (Å²) in [7, 11) is 0. The van der Waals surface area contributed by atoms with Crippen molar-refractivity contribution in [2.75, 3.05) is 0 Å². The van der Waals surface area contributed by atoms with Crippen LogP contribution in [0, 0.1) is 0 Å². The quantitative estimate of drug-likeness (QED) is 0.102. The summed E-state index contributed by atoms with van der Waals surface area (Å²) in [5.41, 5.74) is 3.67. The van der Waals surface area contributed by atoms with Crippen molar-refractivity contribution in [2.45, 2.75) is 24.6 Å². The summed E-state index contributed by atoms with van der Waals surface area (Å²) in [6, 6.07) is 27.9. The summed E-state index contributed by atoms with van der Waals surface area (Å²) in [5, 5.41) is 1.04. The van der Waals surface area contributed by atoms with E-state index in [9.17, 15) is 9.59 Å². The lowest BCUT2D eigenvalue weighted by Gasteiger charge is -2.17. The van der Waals surface area contributed by atoms with E-state index in [-0.39, 0.29) is 36.1 Å². The van der Waals surface area contributed by atoms with Gasteiger partial charge in [0.05, 0.1) is 11.1 Å².